The molecule has 7 aliphatic heterocycles. The van der Waals surface area contributed by atoms with Crippen LogP contribution in [0.5, 0.6) is 0 Å². The Balaban J connectivity index is 0.805. The van der Waals surface area contributed by atoms with Gasteiger partial charge in [-0.25, -0.2) is 0 Å². The van der Waals surface area contributed by atoms with E-state index in [0.717, 1.165) is 52.4 Å². The molecule has 0 unspecified atom stereocenters. The number of hydrogen-bond acceptors (Lipinski definition) is 31. The molecule has 7 saturated heterocycles. The smallest absolute Gasteiger partial charge is 0.303 e. The van der Waals surface area contributed by atoms with Crippen LogP contribution in [0.1, 0.15) is 92.9 Å². The van der Waals surface area contributed by atoms with Gasteiger partial charge in [-0.1, -0.05) is 27.7 Å². The van der Waals surface area contributed by atoms with Gasteiger partial charge in [0.05, 0.1) is 57.5 Å². The molecule has 0 radical (unpaired) electrons. The molecule has 0 aromatic carbocycles. The number of ether oxygens (including phenoxy) is 14. The van der Waals surface area contributed by atoms with Gasteiger partial charge in [0.25, 0.3) is 0 Å². The summed E-state index contributed by atoms with van der Waals surface area (Å²) in [6, 6.07) is 0. The monoisotopic (exact) mass is 1310 g/mol. The van der Waals surface area contributed by atoms with Crippen LogP contribution in [0.2, 0.25) is 0 Å². The highest BCUT2D eigenvalue weighted by Gasteiger charge is 2.73. The number of carbonyl (C=O) groups is 2. The lowest BCUT2D eigenvalue weighted by atomic mass is 9.44. The molecule has 38 atom stereocenters. The lowest BCUT2D eigenvalue weighted by molar-refractivity contribution is -0.410. The molecule has 11 fully saturated rings. The number of esters is 2. The first-order chi connectivity index (χ1) is 43.1. The molecule has 0 aromatic rings. The predicted octanol–water partition coefficient (Wildman–Crippen LogP) is -5.36. The number of aliphatic hydroxyl groups excluding tert-OH is 15. The summed E-state index contributed by atoms with van der Waals surface area (Å²) in [7, 11) is 0. The van der Waals surface area contributed by atoms with E-state index in [1.165, 1.54) is 0 Å². The maximum absolute atomic E-state index is 12.3. The molecule has 4 aliphatic carbocycles. The molecule has 522 valence electrons. The standard InChI is InChI=1S/C60H96O31/c1-21-9-12-60(80-18-21)22(2)35-49(91-60)41(71)36-26-8-7-25-13-29(28(66)14-59(25,6)27(26)10-11-58(35,36)5)82-54-46(76)43(73)48(32(17-63)85-54)87-57-52(51(40(70)31(16-62)84-57)89-53-44(74)38(68)33(20-79-53)81-24(4)65)90-56-47(77)50(39(69)30(15-61)83-56)88-55-45(75)42(72)37(67)34(86-55)19-78-23(3)64/h21-22,25-57,61-63,66-77H,7-20H2,1-6H3/t21-,22+,25+,26-,27+,28-,29-,30-,31-,32-,33-,34-,35+,36-,37-,38+,39+,40-,41+,42+,43-,44-,45-,46-,47-,48+,49-,50+,51+,52-,53+,54-,55+,56+,57+,58-,59+,60-/m1/s1. The highest BCUT2D eigenvalue weighted by molar-refractivity contribution is 5.66. The Hall–Kier alpha value is -2.14. The fourth-order valence-electron chi connectivity index (χ4n) is 17.9. The third-order valence-corrected chi connectivity index (χ3v) is 22.7. The highest BCUT2D eigenvalue weighted by atomic mass is 16.8. The van der Waals surface area contributed by atoms with Crippen LogP contribution in [0.3, 0.4) is 0 Å². The molecule has 31 nitrogen and oxygen atoms in total. The van der Waals surface area contributed by atoms with Crippen molar-refractivity contribution >= 4 is 11.9 Å². The van der Waals surface area contributed by atoms with Crippen molar-refractivity contribution in [2.24, 2.45) is 52.3 Å². The Kier molecular flexibility index (Phi) is 21.3. The largest absolute Gasteiger partial charge is 0.463 e. The fraction of sp³-hybridized carbons (Fsp3) is 0.967. The molecule has 11 rings (SSSR count). The van der Waals surface area contributed by atoms with Crippen LogP contribution in [-0.2, 0) is 75.9 Å². The lowest BCUT2D eigenvalue weighted by Gasteiger charge is -2.62. The second-order valence-corrected chi connectivity index (χ2v) is 28.1. The van der Waals surface area contributed by atoms with Crippen molar-refractivity contribution < 1.29 is 153 Å². The molecule has 91 heavy (non-hydrogen) atoms. The maximum Gasteiger partial charge on any atom is 0.303 e. The Morgan fingerprint density at radius 3 is 1.76 bits per heavy atom. The van der Waals surface area contributed by atoms with Gasteiger partial charge >= 0.3 is 11.9 Å². The van der Waals surface area contributed by atoms with Crippen molar-refractivity contribution in [2.45, 2.75) is 271 Å². The van der Waals surface area contributed by atoms with Gasteiger partial charge in [0.1, 0.15) is 116 Å². The average molecular weight is 1310 g/mol. The zero-order chi connectivity index (χ0) is 65.7. The van der Waals surface area contributed by atoms with Crippen LogP contribution in [-0.4, -0.2) is 306 Å². The molecule has 4 saturated carbocycles. The van der Waals surface area contributed by atoms with Gasteiger partial charge in [0.15, 0.2) is 43.3 Å². The SMILES string of the molecule is CC(=O)OC[C@H]1O[C@@H](O[C@H]2[C@@H](O)[C@@H](CO)O[C@@H](O[C@H]3[C@H](O[C@@H]4[C@H](O)[C@@H](O)[C@H](O[C@@H]5C[C@@H]6CC[C@H]7[C@@H]8[C@H](O)[C@@H]9O[C@]%10(CC[C@@H](C)CO%10)[C@@H](C)[C@@H]9[C@@]8(C)CC[C@@H]7[C@@]6(C)C[C@H]5O)O[C@@H]4CO)O[C@H](CO)[C@@H](O)[C@@H]3O[C@@H]3OC[C@@H](OC(C)=O)[C@H](O)[C@H]3O)[C@@H]2O)[C@H](O)[C@@H](O)[C@@H]1O. The third kappa shape index (κ3) is 12.8. The summed E-state index contributed by atoms with van der Waals surface area (Å²) in [5.74, 6) is -1.34. The van der Waals surface area contributed by atoms with Gasteiger partial charge in [-0.05, 0) is 85.4 Å². The first kappa shape index (κ1) is 70.2. The van der Waals surface area contributed by atoms with Crippen molar-refractivity contribution in [1.29, 1.82) is 0 Å². The Morgan fingerprint density at radius 2 is 1.10 bits per heavy atom. The van der Waals surface area contributed by atoms with Crippen LogP contribution in [0.25, 0.3) is 0 Å². The van der Waals surface area contributed by atoms with E-state index in [-0.39, 0.29) is 52.4 Å². The van der Waals surface area contributed by atoms with Crippen LogP contribution >= 0.6 is 0 Å². The van der Waals surface area contributed by atoms with Crippen LogP contribution in [0, 0.1) is 52.3 Å². The zero-order valence-corrected chi connectivity index (χ0v) is 51.8. The highest BCUT2D eigenvalue weighted by Crippen LogP contribution is 2.71. The first-order valence-corrected chi connectivity index (χ1v) is 32.2. The topological polar surface area (TPSA) is 467 Å². The van der Waals surface area contributed by atoms with Gasteiger partial charge in [0, 0.05) is 32.1 Å². The summed E-state index contributed by atoms with van der Waals surface area (Å²) in [6.07, 6.45) is -43.4. The van der Waals surface area contributed by atoms with E-state index in [0.29, 0.717) is 25.4 Å². The van der Waals surface area contributed by atoms with Gasteiger partial charge in [0.2, 0.25) is 0 Å². The molecule has 0 aromatic heterocycles. The molecule has 0 bridgehead atoms. The molecular weight excluding hydrogens is 1220 g/mol. The van der Waals surface area contributed by atoms with E-state index >= 15 is 0 Å². The fourth-order valence-corrected chi connectivity index (χ4v) is 17.9. The van der Waals surface area contributed by atoms with E-state index in [1.807, 2.05) is 0 Å². The van der Waals surface area contributed by atoms with Crippen LogP contribution < -0.4 is 0 Å². The summed E-state index contributed by atoms with van der Waals surface area (Å²) in [5, 5.41) is 171. The van der Waals surface area contributed by atoms with Crippen molar-refractivity contribution in [3.8, 4) is 0 Å². The van der Waals surface area contributed by atoms with E-state index in [2.05, 4.69) is 27.7 Å². The normalized spacial score (nSPS) is 54.8. The van der Waals surface area contributed by atoms with Crippen molar-refractivity contribution in [2.75, 3.05) is 39.6 Å². The quantitative estimate of drug-likeness (QED) is 0.0507. The third-order valence-electron chi connectivity index (χ3n) is 22.7. The van der Waals surface area contributed by atoms with Gasteiger partial charge in [-0.3, -0.25) is 9.59 Å². The number of carbonyl (C=O) groups excluding carboxylic acids is 2. The van der Waals surface area contributed by atoms with Crippen LogP contribution in [0.4, 0.5) is 0 Å². The van der Waals surface area contributed by atoms with Gasteiger partial charge < -0.3 is 143 Å². The minimum Gasteiger partial charge on any atom is -0.463 e. The van der Waals surface area contributed by atoms with Crippen LogP contribution in [0.15, 0.2) is 0 Å². The number of hydrogen-bond donors (Lipinski definition) is 15. The summed E-state index contributed by atoms with van der Waals surface area (Å²) < 4.78 is 83.6. The molecule has 15 N–H and O–H groups in total. The minimum atomic E-state index is -2.26. The summed E-state index contributed by atoms with van der Waals surface area (Å²) in [5.41, 5.74) is -0.559. The average Bonchev–Trinajstić information content (AvgIpc) is 1.55. The number of rotatable bonds is 16. The zero-order valence-electron chi connectivity index (χ0n) is 51.8. The van der Waals surface area contributed by atoms with E-state index in [9.17, 15) is 86.2 Å². The van der Waals surface area contributed by atoms with E-state index in [1.54, 1.807) is 0 Å². The lowest BCUT2D eigenvalue weighted by Crippen LogP contribution is -2.69. The van der Waals surface area contributed by atoms with Gasteiger partial charge in [-0.2, -0.15) is 0 Å². The maximum atomic E-state index is 12.3. The van der Waals surface area contributed by atoms with Gasteiger partial charge in [-0.15, -0.1) is 0 Å². The molecule has 31 heteroatoms. The Labute approximate surface area is 525 Å². The molecular formula is C60H96O31. The van der Waals surface area contributed by atoms with Crippen molar-refractivity contribution in [3.63, 3.8) is 0 Å². The predicted molar refractivity (Wildman–Crippen MR) is 297 cm³/mol. The molecule has 7 heterocycles. The molecule has 1 spiro atoms. The Bertz CT molecular complexity index is 2460. The minimum absolute atomic E-state index is 0.0191. The Morgan fingerprint density at radius 1 is 0.505 bits per heavy atom. The second-order valence-electron chi connectivity index (χ2n) is 28.1. The number of aliphatic hydroxyl groups is 15. The second kappa shape index (κ2) is 27.6. The summed E-state index contributed by atoms with van der Waals surface area (Å²) >= 11 is 0. The van der Waals surface area contributed by atoms with Crippen molar-refractivity contribution in [1.82, 2.24) is 0 Å². The summed E-state index contributed by atoms with van der Waals surface area (Å²) in [6.45, 7) is 7.45. The molecule has 11 aliphatic rings. The molecule has 0 amide bonds. The summed E-state index contributed by atoms with van der Waals surface area (Å²) in [4.78, 5) is 23.5. The van der Waals surface area contributed by atoms with E-state index < -0.39 is 216 Å². The van der Waals surface area contributed by atoms with Crippen molar-refractivity contribution in [3.05, 3.63) is 0 Å². The van der Waals surface area contributed by atoms with E-state index in [4.69, 9.17) is 66.3 Å². The first-order valence-electron chi connectivity index (χ1n) is 32.2. The number of fused-ring (bicyclic) bond motifs is 7.